The molecule has 8 heteroatoms. The molecular formula is C15H12ClNO5S. The number of ether oxygens (including phenoxy) is 1. The van der Waals surface area contributed by atoms with Gasteiger partial charge in [-0.3, -0.25) is 19.1 Å². The van der Waals surface area contributed by atoms with E-state index in [1.54, 1.807) is 24.3 Å². The molecule has 0 fully saturated rings. The van der Waals surface area contributed by atoms with E-state index >= 15 is 0 Å². The second-order valence-corrected chi connectivity index (χ2v) is 6.42. The van der Waals surface area contributed by atoms with Gasteiger partial charge < -0.3 is 4.74 Å². The van der Waals surface area contributed by atoms with Crippen LogP contribution in [-0.2, 0) is 26.9 Å². The first-order chi connectivity index (χ1) is 11.0. The van der Waals surface area contributed by atoms with Crippen LogP contribution in [0.1, 0.15) is 5.56 Å². The summed E-state index contributed by atoms with van der Waals surface area (Å²) in [4.78, 5) is 22.0. The van der Waals surface area contributed by atoms with Crippen LogP contribution < -0.4 is 0 Å². The molecule has 0 spiro atoms. The first-order valence-electron chi connectivity index (χ1n) is 6.48. The van der Waals surface area contributed by atoms with Crippen molar-refractivity contribution in [2.75, 3.05) is 5.75 Å². The quantitative estimate of drug-likeness (QED) is 0.452. The predicted molar refractivity (Wildman–Crippen MR) is 85.6 cm³/mol. The highest BCUT2D eigenvalue weighted by Crippen LogP contribution is 2.15. The van der Waals surface area contributed by atoms with E-state index in [4.69, 9.17) is 16.3 Å². The van der Waals surface area contributed by atoms with E-state index in [-0.39, 0.29) is 18.0 Å². The monoisotopic (exact) mass is 353 g/mol. The number of nitrogens with zero attached hydrogens (tertiary/aromatic N) is 1. The average molecular weight is 354 g/mol. The van der Waals surface area contributed by atoms with Crippen LogP contribution in [-0.4, -0.2) is 20.9 Å². The Hall–Kier alpha value is -2.25. The molecule has 120 valence electrons. The van der Waals surface area contributed by atoms with E-state index < -0.39 is 21.7 Å². The fraction of sp³-hybridized carbons (Fsp3) is 0.133. The Morgan fingerprint density at radius 1 is 1.13 bits per heavy atom. The molecule has 2 rings (SSSR count). The Labute approximate surface area is 139 Å². The van der Waals surface area contributed by atoms with Crippen molar-refractivity contribution < 1.29 is 18.7 Å². The molecule has 2 aromatic carbocycles. The highest BCUT2D eigenvalue weighted by atomic mass is 35.5. The molecule has 0 aliphatic rings. The normalized spacial score (nSPS) is 11.7. The van der Waals surface area contributed by atoms with Crippen molar-refractivity contribution in [1.29, 1.82) is 0 Å². The van der Waals surface area contributed by atoms with Gasteiger partial charge in [-0.2, -0.15) is 0 Å². The van der Waals surface area contributed by atoms with E-state index in [1.165, 1.54) is 24.3 Å². The Kier molecular flexibility index (Phi) is 5.84. The number of nitro groups is 1. The maximum atomic E-state index is 12.0. The Bertz CT molecular complexity index is 731. The third-order valence-corrected chi connectivity index (χ3v) is 4.42. The van der Waals surface area contributed by atoms with E-state index in [1.807, 2.05) is 0 Å². The molecule has 0 unspecified atom stereocenters. The minimum Gasteiger partial charge on any atom is -0.460 e. The summed E-state index contributed by atoms with van der Waals surface area (Å²) in [5.74, 6) is -0.928. The zero-order valence-corrected chi connectivity index (χ0v) is 13.4. The first kappa shape index (κ1) is 17.1. The highest BCUT2D eigenvalue weighted by Gasteiger charge is 2.13. The summed E-state index contributed by atoms with van der Waals surface area (Å²) in [7, 11) is -1.61. The van der Waals surface area contributed by atoms with Gasteiger partial charge in [0.05, 0.1) is 15.7 Å². The van der Waals surface area contributed by atoms with Crippen LogP contribution in [0.25, 0.3) is 0 Å². The van der Waals surface area contributed by atoms with Crippen molar-refractivity contribution >= 4 is 34.1 Å². The van der Waals surface area contributed by atoms with Gasteiger partial charge in [-0.1, -0.05) is 23.7 Å². The number of halogens is 1. The molecule has 0 saturated heterocycles. The molecule has 0 N–H and O–H groups in total. The van der Waals surface area contributed by atoms with Crippen molar-refractivity contribution in [2.45, 2.75) is 11.5 Å². The van der Waals surface area contributed by atoms with Gasteiger partial charge in [-0.25, -0.2) is 0 Å². The minimum absolute atomic E-state index is 0.0630. The van der Waals surface area contributed by atoms with Crippen molar-refractivity contribution in [3.63, 3.8) is 0 Å². The van der Waals surface area contributed by atoms with Crippen molar-refractivity contribution in [3.8, 4) is 0 Å². The summed E-state index contributed by atoms with van der Waals surface area (Å²) in [6.45, 7) is 0.0630. The molecule has 0 aliphatic heterocycles. The molecule has 0 saturated carbocycles. The summed E-state index contributed by atoms with van der Waals surface area (Å²) in [6, 6.07) is 12.0. The average Bonchev–Trinajstić information content (AvgIpc) is 2.54. The van der Waals surface area contributed by atoms with E-state index in [0.29, 0.717) is 9.92 Å². The molecule has 0 amide bonds. The molecule has 2 aromatic rings. The zero-order valence-electron chi connectivity index (χ0n) is 11.8. The maximum Gasteiger partial charge on any atom is 0.319 e. The predicted octanol–water partition coefficient (Wildman–Crippen LogP) is 3.10. The topological polar surface area (TPSA) is 86.5 Å². The van der Waals surface area contributed by atoms with Gasteiger partial charge in [-0.15, -0.1) is 0 Å². The number of carbonyl (C=O) groups is 1. The van der Waals surface area contributed by atoms with E-state index in [0.717, 1.165) is 5.56 Å². The third kappa shape index (κ3) is 5.15. The van der Waals surface area contributed by atoms with Crippen molar-refractivity contribution in [3.05, 3.63) is 69.2 Å². The molecule has 0 aliphatic carbocycles. The second kappa shape index (κ2) is 7.85. The van der Waals surface area contributed by atoms with Crippen molar-refractivity contribution in [2.24, 2.45) is 0 Å². The third-order valence-electron chi connectivity index (χ3n) is 2.87. The van der Waals surface area contributed by atoms with Crippen molar-refractivity contribution in [1.82, 2.24) is 0 Å². The van der Waals surface area contributed by atoms with Gasteiger partial charge in [0, 0.05) is 22.1 Å². The fourth-order valence-electron chi connectivity index (χ4n) is 1.70. The lowest BCUT2D eigenvalue weighted by Crippen LogP contribution is -2.14. The number of carbonyl (C=O) groups excluding carboxylic acids is 1. The van der Waals surface area contributed by atoms with E-state index in [2.05, 4.69) is 0 Å². The smallest absolute Gasteiger partial charge is 0.319 e. The lowest BCUT2D eigenvalue weighted by molar-refractivity contribution is -0.384. The van der Waals surface area contributed by atoms with Crippen LogP contribution in [0.5, 0.6) is 0 Å². The van der Waals surface area contributed by atoms with Gasteiger partial charge in [0.25, 0.3) is 5.69 Å². The number of hydrogen-bond acceptors (Lipinski definition) is 5. The maximum absolute atomic E-state index is 12.0. The molecular weight excluding hydrogens is 342 g/mol. The fourth-order valence-corrected chi connectivity index (χ4v) is 2.73. The van der Waals surface area contributed by atoms with Crippen LogP contribution in [0.15, 0.2) is 53.4 Å². The molecule has 1 atom stereocenters. The number of rotatable bonds is 6. The lowest BCUT2D eigenvalue weighted by atomic mass is 10.2. The van der Waals surface area contributed by atoms with Crippen LogP contribution in [0.4, 0.5) is 5.69 Å². The molecule has 0 heterocycles. The van der Waals surface area contributed by atoms with Crippen LogP contribution in [0.3, 0.4) is 0 Å². The van der Waals surface area contributed by atoms with Crippen LogP contribution in [0.2, 0.25) is 5.02 Å². The Morgan fingerprint density at radius 3 is 2.30 bits per heavy atom. The van der Waals surface area contributed by atoms with E-state index in [9.17, 15) is 19.1 Å². The minimum atomic E-state index is -1.61. The number of esters is 1. The SMILES string of the molecule is O=C(C[S@@](=O)c1ccc([N+](=O)[O-])cc1)OCc1ccc(Cl)cc1. The lowest BCUT2D eigenvalue weighted by Gasteiger charge is -2.05. The molecule has 23 heavy (non-hydrogen) atoms. The summed E-state index contributed by atoms with van der Waals surface area (Å²) in [6.07, 6.45) is 0. The first-order valence-corrected chi connectivity index (χ1v) is 8.18. The molecule has 0 radical (unpaired) electrons. The zero-order chi connectivity index (χ0) is 16.8. The number of non-ortho nitro benzene ring substituents is 1. The highest BCUT2D eigenvalue weighted by molar-refractivity contribution is 7.85. The Morgan fingerprint density at radius 2 is 1.74 bits per heavy atom. The second-order valence-electron chi connectivity index (χ2n) is 4.53. The molecule has 0 bridgehead atoms. The van der Waals surface area contributed by atoms with Crippen LogP contribution in [0, 0.1) is 10.1 Å². The van der Waals surface area contributed by atoms with Gasteiger partial charge in [-0.05, 0) is 29.8 Å². The van der Waals surface area contributed by atoms with Gasteiger partial charge in [0.1, 0.15) is 12.4 Å². The Balaban J connectivity index is 1.87. The van der Waals surface area contributed by atoms with Gasteiger partial charge >= 0.3 is 5.97 Å². The van der Waals surface area contributed by atoms with Crippen LogP contribution >= 0.6 is 11.6 Å². The summed E-state index contributed by atoms with van der Waals surface area (Å²) < 4.78 is 17.1. The standard InChI is InChI=1S/C15H12ClNO5S/c16-12-3-1-11(2-4-12)9-22-15(18)10-23(21)14-7-5-13(6-8-14)17(19)20/h1-8H,9-10H2/t23-/m1/s1. The summed E-state index contributed by atoms with van der Waals surface area (Å²) in [5, 5.41) is 11.1. The largest absolute Gasteiger partial charge is 0.460 e. The number of benzene rings is 2. The number of nitro benzene ring substituents is 1. The van der Waals surface area contributed by atoms with Gasteiger partial charge in [0.2, 0.25) is 0 Å². The molecule has 0 aromatic heterocycles. The summed E-state index contributed by atoms with van der Waals surface area (Å²) >= 11 is 5.75. The van der Waals surface area contributed by atoms with Gasteiger partial charge in [0.15, 0.2) is 0 Å². The molecule has 6 nitrogen and oxygen atoms in total. The summed E-state index contributed by atoms with van der Waals surface area (Å²) in [5.41, 5.74) is 0.667. The number of hydrogen-bond donors (Lipinski definition) is 0.